The Morgan fingerprint density at radius 2 is 1.91 bits per heavy atom. The predicted octanol–water partition coefficient (Wildman–Crippen LogP) is 3.85. The second-order valence-corrected chi connectivity index (χ2v) is 10.3. The van der Waals surface area contributed by atoms with Gasteiger partial charge in [-0.3, -0.25) is 9.59 Å². The van der Waals surface area contributed by atoms with Crippen molar-refractivity contribution in [3.8, 4) is 5.88 Å². The Hall–Kier alpha value is -3.01. The summed E-state index contributed by atoms with van der Waals surface area (Å²) < 4.78 is 32.3. The molecule has 1 aromatic heterocycles. The lowest BCUT2D eigenvalue weighted by atomic mass is 9.93. The first-order valence-electron chi connectivity index (χ1n) is 11.5. The number of aryl methyl sites for hydroxylation is 1. The zero-order chi connectivity index (χ0) is 24.9. The Kier molecular flexibility index (Phi) is 8.24. The van der Waals surface area contributed by atoms with Crippen molar-refractivity contribution < 1.29 is 27.6 Å². The average Bonchev–Trinajstić information content (AvgIpc) is 3.21. The third kappa shape index (κ3) is 5.22. The van der Waals surface area contributed by atoms with Gasteiger partial charge in [0.25, 0.3) is 0 Å². The summed E-state index contributed by atoms with van der Waals surface area (Å²) in [6.07, 6.45) is 5.60. The van der Waals surface area contributed by atoms with E-state index in [1.165, 1.54) is 30.1 Å². The van der Waals surface area contributed by atoms with Gasteiger partial charge in [0, 0.05) is 30.5 Å². The molecular weight excluding hydrogens is 458 g/mol. The minimum atomic E-state index is -3.49. The number of fused-ring (bicyclic) bond motifs is 1. The number of benzene rings is 1. The number of rotatable bonds is 10. The SMILES string of the molecule is CCCCCCC(=O)Oc1c(C(=O)c2ccc3c(c2C)C(=NOC)CCS3(=O)=O)cnn1CC. The highest BCUT2D eigenvalue weighted by atomic mass is 32.2. The van der Waals surface area contributed by atoms with Crippen molar-refractivity contribution in [1.29, 1.82) is 0 Å². The third-order valence-electron chi connectivity index (χ3n) is 5.88. The number of ketones is 1. The van der Waals surface area contributed by atoms with E-state index >= 15 is 0 Å². The number of carbonyl (C=O) groups is 2. The fourth-order valence-corrected chi connectivity index (χ4v) is 5.62. The molecule has 0 radical (unpaired) electrons. The number of hydrogen-bond acceptors (Lipinski definition) is 8. The number of nitrogens with zero attached hydrogens (tertiary/aromatic N) is 3. The van der Waals surface area contributed by atoms with E-state index in [0.717, 1.165) is 25.7 Å². The van der Waals surface area contributed by atoms with Crippen LogP contribution in [0.2, 0.25) is 0 Å². The fraction of sp³-hybridized carbons (Fsp3) is 0.500. The van der Waals surface area contributed by atoms with E-state index in [1.54, 1.807) is 6.92 Å². The molecule has 1 aliphatic rings. The lowest BCUT2D eigenvalue weighted by Gasteiger charge is -2.21. The molecule has 0 unspecified atom stereocenters. The number of oxime groups is 1. The number of esters is 1. The molecule has 184 valence electrons. The smallest absolute Gasteiger partial charge is 0.312 e. The number of carbonyl (C=O) groups excluding carboxylic acids is 2. The van der Waals surface area contributed by atoms with Gasteiger partial charge in [-0.05, 0) is 38.0 Å². The van der Waals surface area contributed by atoms with Crippen LogP contribution in [-0.2, 0) is 26.0 Å². The highest BCUT2D eigenvalue weighted by molar-refractivity contribution is 7.91. The molecule has 10 heteroatoms. The highest BCUT2D eigenvalue weighted by Gasteiger charge is 2.32. The normalized spacial score (nSPS) is 15.7. The Balaban J connectivity index is 1.98. The number of hydrogen-bond donors (Lipinski definition) is 0. The number of aromatic nitrogens is 2. The monoisotopic (exact) mass is 489 g/mol. The van der Waals surface area contributed by atoms with Crippen molar-refractivity contribution in [2.75, 3.05) is 12.9 Å². The molecule has 0 spiro atoms. The largest absolute Gasteiger partial charge is 0.407 e. The summed E-state index contributed by atoms with van der Waals surface area (Å²) in [5, 5.41) is 8.20. The molecule has 0 saturated carbocycles. The van der Waals surface area contributed by atoms with Gasteiger partial charge < -0.3 is 9.57 Å². The van der Waals surface area contributed by atoms with E-state index in [4.69, 9.17) is 9.57 Å². The van der Waals surface area contributed by atoms with Crippen LogP contribution in [-0.4, -0.2) is 48.5 Å². The van der Waals surface area contributed by atoms with Gasteiger partial charge in [0.05, 0.1) is 22.6 Å². The van der Waals surface area contributed by atoms with Crippen LogP contribution in [0, 0.1) is 6.92 Å². The van der Waals surface area contributed by atoms with Crippen molar-refractivity contribution in [2.45, 2.75) is 70.7 Å². The second-order valence-electron chi connectivity index (χ2n) is 8.19. The second kappa shape index (κ2) is 10.9. The summed E-state index contributed by atoms with van der Waals surface area (Å²) in [5.41, 5.74) is 1.77. The summed E-state index contributed by atoms with van der Waals surface area (Å²) in [7, 11) is -2.10. The molecule has 0 amide bonds. The highest BCUT2D eigenvalue weighted by Crippen LogP contribution is 2.32. The molecule has 34 heavy (non-hydrogen) atoms. The van der Waals surface area contributed by atoms with Gasteiger partial charge in [-0.1, -0.05) is 31.3 Å². The molecule has 0 bridgehead atoms. The maximum absolute atomic E-state index is 13.5. The zero-order valence-corrected chi connectivity index (χ0v) is 20.9. The summed E-state index contributed by atoms with van der Waals surface area (Å²) in [6.45, 7) is 6.03. The van der Waals surface area contributed by atoms with E-state index in [1.807, 2.05) is 6.92 Å². The van der Waals surface area contributed by atoms with Crippen LogP contribution in [0.3, 0.4) is 0 Å². The van der Waals surface area contributed by atoms with Gasteiger partial charge in [0.1, 0.15) is 12.7 Å². The van der Waals surface area contributed by atoms with Crippen molar-refractivity contribution >= 4 is 27.3 Å². The van der Waals surface area contributed by atoms with Gasteiger partial charge in [-0.2, -0.15) is 5.10 Å². The van der Waals surface area contributed by atoms with E-state index in [-0.39, 0.29) is 40.5 Å². The third-order valence-corrected chi connectivity index (χ3v) is 7.64. The van der Waals surface area contributed by atoms with E-state index < -0.39 is 21.6 Å². The summed E-state index contributed by atoms with van der Waals surface area (Å²) in [4.78, 5) is 31.0. The fourth-order valence-electron chi connectivity index (χ4n) is 4.08. The average molecular weight is 490 g/mol. The van der Waals surface area contributed by atoms with Gasteiger partial charge >= 0.3 is 5.97 Å². The molecule has 0 atom stereocenters. The van der Waals surface area contributed by atoms with E-state index in [0.29, 0.717) is 23.4 Å². The summed E-state index contributed by atoms with van der Waals surface area (Å²) >= 11 is 0. The van der Waals surface area contributed by atoms with Crippen LogP contribution >= 0.6 is 0 Å². The van der Waals surface area contributed by atoms with Crippen LogP contribution in [0.4, 0.5) is 0 Å². The number of sulfone groups is 1. The maximum Gasteiger partial charge on any atom is 0.312 e. The van der Waals surface area contributed by atoms with Gasteiger partial charge in [-0.15, -0.1) is 0 Å². The minimum absolute atomic E-state index is 0.0729. The lowest BCUT2D eigenvalue weighted by molar-refractivity contribution is -0.135. The molecule has 1 aliphatic heterocycles. The van der Waals surface area contributed by atoms with Gasteiger partial charge in [0.15, 0.2) is 15.6 Å². The molecular formula is C24H31N3O6S. The molecule has 0 saturated heterocycles. The lowest BCUT2D eigenvalue weighted by Crippen LogP contribution is -2.24. The maximum atomic E-state index is 13.5. The van der Waals surface area contributed by atoms with Crippen LogP contribution in [0.1, 0.15) is 79.4 Å². The zero-order valence-electron chi connectivity index (χ0n) is 20.1. The summed E-state index contributed by atoms with van der Waals surface area (Å²) in [5.74, 6) is -0.795. The molecule has 0 aliphatic carbocycles. The standard InChI is InChI=1S/C24H31N3O6S/c1-5-7-8-9-10-21(28)33-24-18(15-25-27(24)6-2)23(29)17-11-12-20-22(16(17)3)19(26-32-4)13-14-34(20,30)31/h11-12,15H,5-10,13-14H2,1-4H3. The number of unbranched alkanes of at least 4 members (excludes halogenated alkanes) is 3. The van der Waals surface area contributed by atoms with Crippen LogP contribution in [0.15, 0.2) is 28.4 Å². The molecule has 1 aromatic carbocycles. The molecule has 0 fully saturated rings. The van der Waals surface area contributed by atoms with Crippen molar-refractivity contribution in [2.24, 2.45) is 5.16 Å². The first-order valence-corrected chi connectivity index (χ1v) is 13.2. The Bertz CT molecular complexity index is 1210. The molecule has 9 nitrogen and oxygen atoms in total. The predicted molar refractivity (Wildman–Crippen MR) is 127 cm³/mol. The molecule has 0 N–H and O–H groups in total. The first-order chi connectivity index (χ1) is 16.2. The Morgan fingerprint density at radius 3 is 2.59 bits per heavy atom. The first kappa shape index (κ1) is 25.6. The minimum Gasteiger partial charge on any atom is -0.407 e. The van der Waals surface area contributed by atoms with Crippen LogP contribution < -0.4 is 4.74 Å². The Morgan fingerprint density at radius 1 is 1.15 bits per heavy atom. The van der Waals surface area contributed by atoms with Crippen LogP contribution in [0.5, 0.6) is 5.88 Å². The summed E-state index contributed by atoms with van der Waals surface area (Å²) in [6, 6.07) is 2.92. The molecule has 2 heterocycles. The topological polar surface area (TPSA) is 117 Å². The van der Waals surface area contributed by atoms with Gasteiger partial charge in [-0.25, -0.2) is 13.1 Å². The van der Waals surface area contributed by atoms with Crippen molar-refractivity contribution in [3.63, 3.8) is 0 Å². The van der Waals surface area contributed by atoms with Crippen molar-refractivity contribution in [1.82, 2.24) is 9.78 Å². The van der Waals surface area contributed by atoms with Gasteiger partial charge in [0.2, 0.25) is 5.88 Å². The quantitative estimate of drug-likeness (QED) is 0.215. The van der Waals surface area contributed by atoms with E-state index in [9.17, 15) is 18.0 Å². The van der Waals surface area contributed by atoms with Crippen molar-refractivity contribution in [3.05, 3.63) is 40.6 Å². The van der Waals surface area contributed by atoms with E-state index in [2.05, 4.69) is 17.2 Å². The molecule has 3 rings (SSSR count). The number of ether oxygens (including phenoxy) is 1. The molecule has 2 aromatic rings. The van der Waals surface area contributed by atoms with Crippen LogP contribution in [0.25, 0.3) is 0 Å². The Labute approximate surface area is 200 Å².